The zero-order valence-corrected chi connectivity index (χ0v) is 23.1. The molecule has 2 aromatic rings. The Hall–Kier alpha value is -1.94. The Morgan fingerprint density at radius 2 is 1.58 bits per heavy atom. The fourth-order valence-corrected chi connectivity index (χ4v) is 8.07. The summed E-state index contributed by atoms with van der Waals surface area (Å²) in [7, 11) is -6.37. The topological polar surface area (TPSA) is 78.0 Å². The summed E-state index contributed by atoms with van der Waals surface area (Å²) in [6.07, 6.45) is 3.50. The van der Waals surface area contributed by atoms with Crippen LogP contribution in [0.2, 0.25) is 0 Å². The number of rotatable bonds is 9. The summed E-state index contributed by atoms with van der Waals surface area (Å²) in [6, 6.07) is 17.6. The van der Waals surface area contributed by atoms with Gasteiger partial charge < -0.3 is 4.90 Å². The molecule has 0 aliphatic carbocycles. The fraction of sp³-hybridized carbons (Fsp3) is 0.556. The second-order valence-corrected chi connectivity index (χ2v) is 14.7. The van der Waals surface area contributed by atoms with Crippen LogP contribution in [0.3, 0.4) is 0 Å². The monoisotopic (exact) mass is 533 g/mol. The van der Waals surface area contributed by atoms with Crippen molar-refractivity contribution in [3.05, 3.63) is 65.7 Å². The largest absolute Gasteiger partial charge is 0.356 e. The molecule has 36 heavy (non-hydrogen) atoms. The van der Waals surface area contributed by atoms with E-state index in [4.69, 9.17) is 0 Å². The highest BCUT2D eigenvalue weighted by atomic mass is 32.2. The van der Waals surface area contributed by atoms with Crippen molar-refractivity contribution < 1.29 is 16.8 Å². The van der Waals surface area contributed by atoms with Crippen LogP contribution < -0.4 is 4.90 Å². The van der Waals surface area contributed by atoms with Crippen molar-refractivity contribution in [2.45, 2.75) is 51.6 Å². The molecule has 2 saturated heterocycles. The number of hydrogen-bond acceptors (Lipinski definition) is 6. The first-order chi connectivity index (χ1) is 17.1. The van der Waals surface area contributed by atoms with Crippen LogP contribution >= 0.6 is 0 Å². The number of benzene rings is 2. The zero-order valence-electron chi connectivity index (χ0n) is 21.4. The molecule has 0 amide bonds. The van der Waals surface area contributed by atoms with E-state index in [9.17, 15) is 16.8 Å². The van der Waals surface area contributed by atoms with Gasteiger partial charge in [0.05, 0.1) is 23.4 Å². The lowest BCUT2D eigenvalue weighted by Gasteiger charge is -2.45. The minimum atomic E-state index is -3.46. The highest BCUT2D eigenvalue weighted by Crippen LogP contribution is 2.28. The minimum Gasteiger partial charge on any atom is -0.356 e. The molecular formula is C27H39N3O4S2. The van der Waals surface area contributed by atoms with Gasteiger partial charge in [0.25, 0.3) is 0 Å². The van der Waals surface area contributed by atoms with E-state index in [0.717, 1.165) is 42.6 Å². The Morgan fingerprint density at radius 3 is 2.22 bits per heavy atom. The Balaban J connectivity index is 1.47. The average molecular weight is 534 g/mol. The fourth-order valence-electron chi connectivity index (χ4n) is 5.18. The summed E-state index contributed by atoms with van der Waals surface area (Å²) in [5.74, 6) is 0.690. The first-order valence-corrected chi connectivity index (χ1v) is 16.4. The predicted octanol–water partition coefficient (Wildman–Crippen LogP) is 3.72. The quantitative estimate of drug-likeness (QED) is 0.489. The van der Waals surface area contributed by atoms with Gasteiger partial charge in [0.15, 0.2) is 9.84 Å². The maximum atomic E-state index is 13.3. The lowest BCUT2D eigenvalue weighted by atomic mass is 10.0. The van der Waals surface area contributed by atoms with E-state index in [1.807, 2.05) is 56.3 Å². The Labute approximate surface area is 217 Å². The summed E-state index contributed by atoms with van der Waals surface area (Å²) in [4.78, 5) is 4.71. The Morgan fingerprint density at radius 1 is 0.917 bits per heavy atom. The molecule has 0 aromatic heterocycles. The third-order valence-corrected chi connectivity index (χ3v) is 10.4. The number of anilines is 1. The van der Waals surface area contributed by atoms with E-state index < -0.39 is 19.9 Å². The number of piperidine rings is 1. The molecule has 198 valence electrons. The van der Waals surface area contributed by atoms with Gasteiger partial charge >= 0.3 is 0 Å². The zero-order chi connectivity index (χ0) is 25.8. The lowest BCUT2D eigenvalue weighted by Crippen LogP contribution is -2.55. The number of nitrogens with zero attached hydrogens (tertiary/aromatic N) is 3. The van der Waals surface area contributed by atoms with Gasteiger partial charge in [-0.05, 0) is 48.4 Å². The highest BCUT2D eigenvalue weighted by Gasteiger charge is 2.32. The van der Waals surface area contributed by atoms with E-state index in [2.05, 4.69) is 21.9 Å². The number of sulfone groups is 1. The maximum absolute atomic E-state index is 13.3. The standard InChI is InChI=1S/C27H39N3O4S2/c1-23(2)20-29(36(33,34)22-25-8-4-3-5-9-25)21-24-11-13-26(14-12-24)30-15-7-6-10-27(30)28-16-18-35(31,32)19-17-28/h3-5,8-9,11-14,23,27H,6-7,10,15-22H2,1-2H3. The van der Waals surface area contributed by atoms with Gasteiger partial charge in [-0.2, -0.15) is 4.31 Å². The third-order valence-electron chi connectivity index (χ3n) is 7.05. The van der Waals surface area contributed by atoms with Crippen LogP contribution in [0.1, 0.15) is 44.2 Å². The Kier molecular flexibility index (Phi) is 8.75. The first kappa shape index (κ1) is 27.1. The van der Waals surface area contributed by atoms with Crippen LogP contribution in [0, 0.1) is 5.92 Å². The molecule has 0 N–H and O–H groups in total. The minimum absolute atomic E-state index is 0.000341. The second-order valence-electron chi connectivity index (χ2n) is 10.5. The van der Waals surface area contributed by atoms with Crippen molar-refractivity contribution in [2.75, 3.05) is 42.6 Å². The molecule has 0 spiro atoms. The van der Waals surface area contributed by atoms with Crippen LogP contribution in [0.25, 0.3) is 0 Å². The molecule has 2 aliphatic heterocycles. The Bertz CT molecular complexity index is 1190. The maximum Gasteiger partial charge on any atom is 0.218 e. The molecule has 9 heteroatoms. The summed E-state index contributed by atoms with van der Waals surface area (Å²) in [5.41, 5.74) is 2.87. The molecule has 0 saturated carbocycles. The molecule has 2 heterocycles. The average Bonchev–Trinajstić information content (AvgIpc) is 2.84. The molecule has 4 rings (SSSR count). The van der Waals surface area contributed by atoms with Gasteiger partial charge in [0.1, 0.15) is 0 Å². The molecule has 1 unspecified atom stereocenters. The summed E-state index contributed by atoms with van der Waals surface area (Å²) in [5, 5.41) is 0. The molecule has 2 fully saturated rings. The van der Waals surface area contributed by atoms with E-state index in [-0.39, 0.29) is 29.3 Å². The molecule has 7 nitrogen and oxygen atoms in total. The van der Waals surface area contributed by atoms with Crippen molar-refractivity contribution in [2.24, 2.45) is 5.92 Å². The molecular weight excluding hydrogens is 494 g/mol. The number of sulfonamides is 1. The van der Waals surface area contributed by atoms with E-state index in [1.54, 1.807) is 4.31 Å². The first-order valence-electron chi connectivity index (χ1n) is 12.9. The van der Waals surface area contributed by atoms with E-state index in [1.165, 1.54) is 0 Å². The second kappa shape index (κ2) is 11.6. The summed E-state index contributed by atoms with van der Waals surface area (Å²) in [6.45, 7) is 7.02. The highest BCUT2D eigenvalue weighted by molar-refractivity contribution is 7.91. The van der Waals surface area contributed by atoms with Gasteiger partial charge in [-0.3, -0.25) is 4.90 Å². The van der Waals surface area contributed by atoms with Crippen LogP contribution in [0.15, 0.2) is 54.6 Å². The van der Waals surface area contributed by atoms with Crippen molar-refractivity contribution in [3.8, 4) is 0 Å². The van der Waals surface area contributed by atoms with Gasteiger partial charge in [0.2, 0.25) is 10.0 Å². The van der Waals surface area contributed by atoms with Gasteiger partial charge in [-0.25, -0.2) is 16.8 Å². The van der Waals surface area contributed by atoms with Crippen molar-refractivity contribution in [3.63, 3.8) is 0 Å². The van der Waals surface area contributed by atoms with Crippen LogP contribution in [0.4, 0.5) is 5.69 Å². The normalized spacial score (nSPS) is 21.2. The SMILES string of the molecule is CC(C)CN(Cc1ccc(N2CCCCC2N2CCS(=O)(=O)CC2)cc1)S(=O)(=O)Cc1ccccc1. The van der Waals surface area contributed by atoms with Crippen LogP contribution in [0.5, 0.6) is 0 Å². The van der Waals surface area contributed by atoms with Gasteiger partial charge in [0, 0.05) is 38.4 Å². The van der Waals surface area contributed by atoms with Gasteiger partial charge in [-0.1, -0.05) is 56.3 Å². The van der Waals surface area contributed by atoms with Crippen LogP contribution in [-0.2, 0) is 32.2 Å². The molecule has 1 atom stereocenters. The number of hydrogen-bond donors (Lipinski definition) is 0. The molecule has 0 radical (unpaired) electrons. The van der Waals surface area contributed by atoms with Crippen LogP contribution in [-0.4, -0.2) is 69.9 Å². The van der Waals surface area contributed by atoms with E-state index in [0.29, 0.717) is 26.2 Å². The lowest BCUT2D eigenvalue weighted by molar-refractivity contribution is 0.177. The van der Waals surface area contributed by atoms with Crippen molar-refractivity contribution in [1.82, 2.24) is 9.21 Å². The predicted molar refractivity (Wildman–Crippen MR) is 146 cm³/mol. The van der Waals surface area contributed by atoms with E-state index >= 15 is 0 Å². The smallest absolute Gasteiger partial charge is 0.218 e. The summed E-state index contributed by atoms with van der Waals surface area (Å²) < 4.78 is 52.0. The van der Waals surface area contributed by atoms with Crippen molar-refractivity contribution >= 4 is 25.5 Å². The van der Waals surface area contributed by atoms with Gasteiger partial charge in [-0.15, -0.1) is 0 Å². The van der Waals surface area contributed by atoms with Crippen molar-refractivity contribution in [1.29, 1.82) is 0 Å². The third kappa shape index (κ3) is 7.09. The summed E-state index contributed by atoms with van der Waals surface area (Å²) >= 11 is 0. The molecule has 2 aromatic carbocycles. The molecule has 0 bridgehead atoms. The molecule has 2 aliphatic rings.